The van der Waals surface area contributed by atoms with Gasteiger partial charge in [0.15, 0.2) is 0 Å². The van der Waals surface area contributed by atoms with E-state index in [1.54, 1.807) is 23.5 Å². The molecule has 0 radical (unpaired) electrons. The zero-order chi connectivity index (χ0) is 15.1. The van der Waals surface area contributed by atoms with Crippen LogP contribution < -0.4 is 5.32 Å². The highest BCUT2D eigenvalue weighted by Gasteiger charge is 2.06. The molecule has 0 bridgehead atoms. The van der Waals surface area contributed by atoms with Gasteiger partial charge in [0, 0.05) is 23.5 Å². The molecular weight excluding hydrogens is 291 g/mol. The van der Waals surface area contributed by atoms with E-state index in [1.807, 2.05) is 12.4 Å². The van der Waals surface area contributed by atoms with Crippen molar-refractivity contribution in [1.82, 2.24) is 4.98 Å². The molecule has 2 rings (SSSR count). The second-order valence-corrected chi connectivity index (χ2v) is 5.67. The molecule has 0 amide bonds. The first-order chi connectivity index (χ1) is 10.1. The van der Waals surface area contributed by atoms with E-state index in [0.29, 0.717) is 13.2 Å². The van der Waals surface area contributed by atoms with Crippen molar-refractivity contribution in [2.45, 2.75) is 19.4 Å². The molecule has 0 saturated heterocycles. The first-order valence-corrected chi connectivity index (χ1v) is 7.67. The van der Waals surface area contributed by atoms with Gasteiger partial charge in [-0.3, -0.25) is 0 Å². The number of anilines is 1. The summed E-state index contributed by atoms with van der Waals surface area (Å²) < 4.78 is 18.2. The second kappa shape index (κ2) is 8.07. The normalized spacial score (nSPS) is 12.3. The average molecular weight is 310 g/mol. The highest BCUT2D eigenvalue weighted by molar-refractivity contribution is 7.09. The lowest BCUT2D eigenvalue weighted by atomic mass is 10.3. The zero-order valence-electron chi connectivity index (χ0n) is 11.9. The van der Waals surface area contributed by atoms with E-state index >= 15 is 0 Å². The third kappa shape index (κ3) is 5.41. The van der Waals surface area contributed by atoms with Crippen LogP contribution >= 0.6 is 11.3 Å². The van der Waals surface area contributed by atoms with E-state index in [-0.39, 0.29) is 12.4 Å². The van der Waals surface area contributed by atoms with Crippen LogP contribution in [-0.2, 0) is 11.2 Å². The van der Waals surface area contributed by atoms with Gasteiger partial charge in [-0.2, -0.15) is 0 Å². The number of aromatic nitrogens is 1. The Labute approximate surface area is 127 Å². The van der Waals surface area contributed by atoms with E-state index in [1.165, 1.54) is 17.0 Å². The first kappa shape index (κ1) is 15.9. The summed E-state index contributed by atoms with van der Waals surface area (Å²) in [5, 5.41) is 12.8. The maximum Gasteiger partial charge on any atom is 0.123 e. The number of aliphatic hydroxyl groups is 1. The van der Waals surface area contributed by atoms with Crippen LogP contribution in [0, 0.1) is 12.7 Å². The van der Waals surface area contributed by atoms with Crippen molar-refractivity contribution in [3.8, 4) is 0 Å². The van der Waals surface area contributed by atoms with Crippen molar-refractivity contribution in [2.24, 2.45) is 0 Å². The molecule has 1 unspecified atom stereocenters. The minimum atomic E-state index is -0.599. The number of rotatable bonds is 8. The van der Waals surface area contributed by atoms with Gasteiger partial charge in [-0.25, -0.2) is 9.37 Å². The Bertz CT molecular complexity index is 545. The van der Waals surface area contributed by atoms with Gasteiger partial charge in [0.25, 0.3) is 0 Å². The fourth-order valence-corrected chi connectivity index (χ4v) is 2.58. The average Bonchev–Trinajstić information content (AvgIpc) is 2.88. The topological polar surface area (TPSA) is 54.4 Å². The largest absolute Gasteiger partial charge is 0.389 e. The van der Waals surface area contributed by atoms with Crippen molar-refractivity contribution in [1.29, 1.82) is 0 Å². The smallest absolute Gasteiger partial charge is 0.123 e. The van der Waals surface area contributed by atoms with Crippen molar-refractivity contribution in [3.63, 3.8) is 0 Å². The van der Waals surface area contributed by atoms with E-state index in [4.69, 9.17) is 4.74 Å². The molecule has 6 heteroatoms. The highest BCUT2D eigenvalue weighted by atomic mass is 32.1. The molecule has 114 valence electrons. The van der Waals surface area contributed by atoms with Crippen molar-refractivity contribution in [3.05, 3.63) is 46.2 Å². The number of hydrogen-bond acceptors (Lipinski definition) is 5. The predicted molar refractivity (Wildman–Crippen MR) is 82.3 cm³/mol. The van der Waals surface area contributed by atoms with E-state index in [9.17, 15) is 9.50 Å². The predicted octanol–water partition coefficient (Wildman–Crippen LogP) is 2.62. The lowest BCUT2D eigenvalue weighted by Gasteiger charge is -2.13. The van der Waals surface area contributed by atoms with Crippen LogP contribution in [0.3, 0.4) is 0 Å². The first-order valence-electron chi connectivity index (χ1n) is 6.79. The number of thiazole rings is 1. The molecule has 1 heterocycles. The molecule has 0 aliphatic carbocycles. The van der Waals surface area contributed by atoms with Gasteiger partial charge in [-0.15, -0.1) is 11.3 Å². The van der Waals surface area contributed by atoms with Crippen LogP contribution in [-0.4, -0.2) is 36.0 Å². The minimum Gasteiger partial charge on any atom is -0.389 e. The minimum absolute atomic E-state index is 0.270. The standard InChI is InChI=1S/C15H19FN2O2S/c1-11-15(21-10-18-11)6-7-20-9-14(19)8-17-13-4-2-12(16)3-5-13/h2-5,10,14,17,19H,6-9H2,1H3. The number of ether oxygens (including phenoxy) is 1. The SMILES string of the molecule is Cc1ncsc1CCOCC(O)CNc1ccc(F)cc1. The van der Waals surface area contributed by atoms with Gasteiger partial charge in [0.05, 0.1) is 30.5 Å². The molecule has 0 spiro atoms. The van der Waals surface area contributed by atoms with Gasteiger partial charge in [0.1, 0.15) is 5.82 Å². The number of aliphatic hydroxyl groups excluding tert-OH is 1. The second-order valence-electron chi connectivity index (χ2n) is 4.73. The number of benzene rings is 1. The number of halogens is 1. The Hall–Kier alpha value is -1.50. The maximum atomic E-state index is 12.7. The Morgan fingerprint density at radius 2 is 2.14 bits per heavy atom. The van der Waals surface area contributed by atoms with Crippen LogP contribution in [0.5, 0.6) is 0 Å². The fourth-order valence-electron chi connectivity index (χ4n) is 1.81. The van der Waals surface area contributed by atoms with Crippen LogP contribution in [0.2, 0.25) is 0 Å². The fraction of sp³-hybridized carbons (Fsp3) is 0.400. The molecule has 0 aliphatic heterocycles. The van der Waals surface area contributed by atoms with E-state index in [2.05, 4.69) is 10.3 Å². The Balaban J connectivity index is 1.60. The summed E-state index contributed by atoms with van der Waals surface area (Å²) in [6.45, 7) is 3.18. The van der Waals surface area contributed by atoms with Gasteiger partial charge in [0.2, 0.25) is 0 Å². The molecule has 1 atom stereocenters. The summed E-state index contributed by atoms with van der Waals surface area (Å²) in [5.41, 5.74) is 3.64. The van der Waals surface area contributed by atoms with Gasteiger partial charge in [-0.1, -0.05) is 0 Å². The summed E-state index contributed by atoms with van der Waals surface area (Å²) in [7, 11) is 0. The van der Waals surface area contributed by atoms with Crippen LogP contribution in [0.1, 0.15) is 10.6 Å². The quantitative estimate of drug-likeness (QED) is 0.736. The van der Waals surface area contributed by atoms with Crippen molar-refractivity contribution >= 4 is 17.0 Å². The zero-order valence-corrected chi connectivity index (χ0v) is 12.7. The third-order valence-corrected chi connectivity index (χ3v) is 4.01. The Kier molecular flexibility index (Phi) is 6.10. The van der Waals surface area contributed by atoms with Crippen LogP contribution in [0.25, 0.3) is 0 Å². The third-order valence-electron chi connectivity index (χ3n) is 3.01. The van der Waals surface area contributed by atoms with Crippen LogP contribution in [0.15, 0.2) is 29.8 Å². The number of aryl methyl sites for hydroxylation is 1. The molecule has 0 saturated carbocycles. The molecule has 2 N–H and O–H groups in total. The summed E-state index contributed by atoms with van der Waals surface area (Å²) in [4.78, 5) is 5.39. The lowest BCUT2D eigenvalue weighted by Crippen LogP contribution is -2.25. The summed E-state index contributed by atoms with van der Waals surface area (Å²) in [6.07, 6.45) is 0.215. The maximum absolute atomic E-state index is 12.7. The number of hydrogen-bond donors (Lipinski definition) is 2. The molecule has 4 nitrogen and oxygen atoms in total. The molecular formula is C15H19FN2O2S. The summed E-state index contributed by atoms with van der Waals surface area (Å²) in [5.74, 6) is -0.275. The highest BCUT2D eigenvalue weighted by Crippen LogP contribution is 2.12. The lowest BCUT2D eigenvalue weighted by molar-refractivity contribution is 0.0449. The molecule has 1 aromatic carbocycles. The molecule has 2 aromatic rings. The van der Waals surface area contributed by atoms with Crippen LogP contribution in [0.4, 0.5) is 10.1 Å². The number of nitrogens with zero attached hydrogens (tertiary/aromatic N) is 1. The van der Waals surface area contributed by atoms with E-state index < -0.39 is 6.10 Å². The van der Waals surface area contributed by atoms with Gasteiger partial charge >= 0.3 is 0 Å². The van der Waals surface area contributed by atoms with Gasteiger partial charge < -0.3 is 15.2 Å². The molecule has 1 aromatic heterocycles. The molecule has 21 heavy (non-hydrogen) atoms. The van der Waals surface area contributed by atoms with Crippen molar-refractivity contribution in [2.75, 3.05) is 25.1 Å². The molecule has 0 fully saturated rings. The van der Waals surface area contributed by atoms with Crippen molar-refractivity contribution < 1.29 is 14.2 Å². The monoisotopic (exact) mass is 310 g/mol. The van der Waals surface area contributed by atoms with E-state index in [0.717, 1.165) is 17.8 Å². The van der Waals surface area contributed by atoms with Gasteiger partial charge in [-0.05, 0) is 31.2 Å². The Morgan fingerprint density at radius 3 is 2.81 bits per heavy atom. The number of nitrogens with one attached hydrogen (secondary N) is 1. The molecule has 0 aliphatic rings. The summed E-state index contributed by atoms with van der Waals surface area (Å²) >= 11 is 1.62. The Morgan fingerprint density at radius 1 is 1.38 bits per heavy atom. The summed E-state index contributed by atoms with van der Waals surface area (Å²) in [6, 6.07) is 6.02.